The van der Waals surface area contributed by atoms with Gasteiger partial charge >= 0.3 is 12.0 Å². The highest BCUT2D eigenvalue weighted by atomic mass is 35.5. The van der Waals surface area contributed by atoms with Crippen LogP contribution in [0.2, 0.25) is 5.02 Å². The molecular weight excluding hydrogens is 623 g/mol. The van der Waals surface area contributed by atoms with E-state index in [0.29, 0.717) is 28.1 Å². The number of halogens is 2. The maximum Gasteiger partial charge on any atom is 0.338 e. The summed E-state index contributed by atoms with van der Waals surface area (Å²) in [6.07, 6.45) is 1.36. The number of carbonyl (C=O) groups excluding carboxylic acids is 3. The van der Waals surface area contributed by atoms with Gasteiger partial charge in [-0.3, -0.25) is 4.79 Å². The van der Waals surface area contributed by atoms with Gasteiger partial charge in [-0.15, -0.1) is 0 Å². The average molecular weight is 655 g/mol. The first kappa shape index (κ1) is 33.6. The average Bonchev–Trinajstić information content (AvgIpc) is 3.02. The molecule has 0 fully saturated rings. The van der Waals surface area contributed by atoms with E-state index in [1.54, 1.807) is 56.3 Å². The first-order valence-electron chi connectivity index (χ1n) is 14.0. The molecule has 14 heteroatoms. The molecule has 3 aromatic carbocycles. The molecule has 0 saturated heterocycles. The molecule has 242 valence electrons. The van der Waals surface area contributed by atoms with Gasteiger partial charge in [0.1, 0.15) is 12.4 Å². The second-order valence-corrected chi connectivity index (χ2v) is 10.1. The van der Waals surface area contributed by atoms with Crippen LogP contribution >= 0.6 is 11.6 Å². The Morgan fingerprint density at radius 2 is 1.83 bits per heavy atom. The van der Waals surface area contributed by atoms with E-state index in [-0.39, 0.29) is 46.9 Å². The molecule has 1 atom stereocenters. The summed E-state index contributed by atoms with van der Waals surface area (Å²) in [5.41, 5.74) is 4.65. The van der Waals surface area contributed by atoms with Crippen molar-refractivity contribution in [2.24, 2.45) is 5.10 Å². The Balaban J connectivity index is 1.37. The lowest BCUT2D eigenvalue weighted by Crippen LogP contribution is -2.45. The largest absolute Gasteiger partial charge is 0.493 e. The summed E-state index contributed by atoms with van der Waals surface area (Å²) in [4.78, 5) is 37.2. The molecule has 0 unspecified atom stereocenters. The predicted octanol–water partition coefficient (Wildman–Crippen LogP) is 4.80. The van der Waals surface area contributed by atoms with E-state index < -0.39 is 30.6 Å². The van der Waals surface area contributed by atoms with Crippen LogP contribution < -0.4 is 35.0 Å². The molecule has 0 spiro atoms. The van der Waals surface area contributed by atoms with Gasteiger partial charge in [0.15, 0.2) is 29.6 Å². The molecule has 4 rings (SSSR count). The Kier molecular flexibility index (Phi) is 11.4. The highest BCUT2D eigenvalue weighted by Gasteiger charge is 2.32. The van der Waals surface area contributed by atoms with Gasteiger partial charge in [-0.25, -0.2) is 19.4 Å². The van der Waals surface area contributed by atoms with Gasteiger partial charge < -0.3 is 34.3 Å². The first-order chi connectivity index (χ1) is 22.1. The van der Waals surface area contributed by atoms with E-state index >= 15 is 0 Å². The molecule has 0 aromatic heterocycles. The molecule has 1 aliphatic rings. The van der Waals surface area contributed by atoms with E-state index in [0.717, 1.165) is 0 Å². The van der Waals surface area contributed by atoms with E-state index in [1.165, 1.54) is 32.6 Å². The Labute approximate surface area is 269 Å². The predicted molar refractivity (Wildman–Crippen MR) is 167 cm³/mol. The van der Waals surface area contributed by atoms with Crippen LogP contribution in [0.25, 0.3) is 0 Å². The van der Waals surface area contributed by atoms with Crippen molar-refractivity contribution in [2.45, 2.75) is 26.5 Å². The quantitative estimate of drug-likeness (QED) is 0.135. The zero-order valence-electron chi connectivity index (χ0n) is 25.4. The van der Waals surface area contributed by atoms with Crippen molar-refractivity contribution in [3.63, 3.8) is 0 Å². The minimum absolute atomic E-state index is 0.0742. The van der Waals surface area contributed by atoms with Crippen LogP contribution in [0, 0.1) is 5.82 Å². The third-order valence-electron chi connectivity index (χ3n) is 6.57. The van der Waals surface area contributed by atoms with Crippen LogP contribution in [0.3, 0.4) is 0 Å². The maximum absolute atomic E-state index is 13.5. The van der Waals surface area contributed by atoms with Crippen molar-refractivity contribution in [2.75, 3.05) is 27.4 Å². The lowest BCUT2D eigenvalue weighted by molar-refractivity contribution is -0.139. The summed E-state index contributed by atoms with van der Waals surface area (Å²) in [5.74, 6) is -0.409. The molecule has 1 aliphatic heterocycles. The second kappa shape index (κ2) is 15.6. The molecule has 46 heavy (non-hydrogen) atoms. The number of nitrogens with zero attached hydrogens (tertiary/aromatic N) is 1. The van der Waals surface area contributed by atoms with Gasteiger partial charge in [0, 0.05) is 5.70 Å². The number of nitrogens with one attached hydrogen (secondary N) is 3. The van der Waals surface area contributed by atoms with Gasteiger partial charge in [0.05, 0.1) is 43.7 Å². The highest BCUT2D eigenvalue weighted by molar-refractivity contribution is 6.32. The summed E-state index contributed by atoms with van der Waals surface area (Å²) in [6, 6.07) is 12.7. The summed E-state index contributed by atoms with van der Waals surface area (Å²) in [5, 5.41) is 9.47. The van der Waals surface area contributed by atoms with Crippen molar-refractivity contribution in [3.8, 4) is 23.0 Å². The summed E-state index contributed by atoms with van der Waals surface area (Å²) in [6.45, 7) is 3.14. The zero-order chi connectivity index (χ0) is 33.2. The molecule has 0 saturated carbocycles. The maximum atomic E-state index is 13.5. The van der Waals surface area contributed by atoms with Crippen molar-refractivity contribution in [3.05, 3.63) is 93.4 Å². The summed E-state index contributed by atoms with van der Waals surface area (Å²) < 4.78 is 40.9. The summed E-state index contributed by atoms with van der Waals surface area (Å²) >= 11 is 6.40. The van der Waals surface area contributed by atoms with Gasteiger partial charge in [-0.2, -0.15) is 5.10 Å². The third-order valence-corrected chi connectivity index (χ3v) is 6.85. The van der Waals surface area contributed by atoms with Gasteiger partial charge in [0.2, 0.25) is 0 Å². The fourth-order valence-corrected chi connectivity index (χ4v) is 4.77. The Morgan fingerprint density at radius 1 is 1.04 bits per heavy atom. The minimum atomic E-state index is -0.797. The van der Waals surface area contributed by atoms with Gasteiger partial charge in [-0.05, 0) is 66.9 Å². The number of benzene rings is 3. The number of esters is 1. The number of ether oxygens (including phenoxy) is 5. The van der Waals surface area contributed by atoms with E-state index in [1.807, 2.05) is 0 Å². The van der Waals surface area contributed by atoms with E-state index in [4.69, 9.17) is 35.3 Å². The standard InChI is InChI=1S/C32H32ClFN4O8/c1-5-44-31(40)28-18(2)36-32(41)37-29(28)21-9-10-24(25(14-21)42-3)45-17-27(39)38-35-15-20-12-23(33)30(26(13-20)43-4)46-16-19-7-6-8-22(34)11-19/h6-15,29H,5,16-17H2,1-4H3,(H,38,39)(H2,36,37,41)/b35-15-/t29-/m0/s1. The highest BCUT2D eigenvalue weighted by Crippen LogP contribution is 2.37. The zero-order valence-corrected chi connectivity index (χ0v) is 26.2. The number of amides is 3. The summed E-state index contributed by atoms with van der Waals surface area (Å²) in [7, 11) is 2.86. The molecular formula is C32H32ClFN4O8. The van der Waals surface area contributed by atoms with Crippen molar-refractivity contribution < 1.29 is 42.5 Å². The number of hydrogen-bond donors (Lipinski definition) is 3. The van der Waals surface area contributed by atoms with Gasteiger partial charge in [-0.1, -0.05) is 29.8 Å². The molecule has 0 radical (unpaired) electrons. The second-order valence-electron chi connectivity index (χ2n) is 9.74. The van der Waals surface area contributed by atoms with Crippen molar-refractivity contribution in [1.29, 1.82) is 0 Å². The number of urea groups is 1. The first-order valence-corrected chi connectivity index (χ1v) is 14.3. The Hall–Kier alpha value is -5.30. The molecule has 3 amide bonds. The number of rotatable bonds is 13. The minimum Gasteiger partial charge on any atom is -0.493 e. The Morgan fingerprint density at radius 3 is 2.54 bits per heavy atom. The van der Waals surface area contributed by atoms with Crippen LogP contribution in [-0.2, 0) is 20.9 Å². The number of hydrazone groups is 1. The van der Waals surface area contributed by atoms with Crippen LogP contribution in [-0.4, -0.2) is 51.6 Å². The number of hydrogen-bond acceptors (Lipinski definition) is 9. The molecule has 12 nitrogen and oxygen atoms in total. The third kappa shape index (κ3) is 8.45. The number of carbonyl (C=O) groups is 3. The monoisotopic (exact) mass is 654 g/mol. The number of allylic oxidation sites excluding steroid dienone is 1. The molecule has 3 N–H and O–H groups in total. The fourth-order valence-electron chi connectivity index (χ4n) is 4.50. The SMILES string of the molecule is CCOC(=O)C1=C(C)NC(=O)N[C@H]1c1ccc(OCC(=O)N/N=C\c2cc(Cl)c(OCc3cccc(F)c3)c(OC)c2)c(OC)c1. The lowest BCUT2D eigenvalue weighted by Gasteiger charge is -2.28. The topological polar surface area (TPSA) is 146 Å². The molecule has 0 bridgehead atoms. The van der Waals surface area contributed by atoms with Crippen LogP contribution in [0.1, 0.15) is 36.6 Å². The van der Waals surface area contributed by atoms with Crippen LogP contribution in [0.15, 0.2) is 71.0 Å². The normalized spacial score (nSPS) is 14.3. The van der Waals surface area contributed by atoms with Crippen LogP contribution in [0.5, 0.6) is 23.0 Å². The van der Waals surface area contributed by atoms with E-state index in [2.05, 4.69) is 21.2 Å². The molecule has 0 aliphatic carbocycles. The molecule has 1 heterocycles. The van der Waals surface area contributed by atoms with Crippen LogP contribution in [0.4, 0.5) is 9.18 Å². The van der Waals surface area contributed by atoms with Crippen molar-refractivity contribution >= 4 is 35.7 Å². The van der Waals surface area contributed by atoms with Gasteiger partial charge in [0.25, 0.3) is 5.91 Å². The van der Waals surface area contributed by atoms with Crippen molar-refractivity contribution in [1.82, 2.24) is 16.1 Å². The smallest absolute Gasteiger partial charge is 0.338 e. The number of methoxy groups -OCH3 is 2. The molecule has 3 aromatic rings. The lowest BCUT2D eigenvalue weighted by atomic mass is 9.95. The fraction of sp³-hybridized carbons (Fsp3) is 0.250. The van der Waals surface area contributed by atoms with E-state index in [9.17, 15) is 18.8 Å². The Bertz CT molecular complexity index is 1680.